The number of terminal acetylenes is 1. The smallest absolute Gasteiger partial charge is 0.0743 e. The Morgan fingerprint density at radius 1 is 1.73 bits per heavy atom. The van der Waals surface area contributed by atoms with Crippen LogP contribution in [0.3, 0.4) is 0 Å². The standard InChI is InChI=1S/C9H14ClN/c1-5-9(3,4)11-7-8(2)6-10/h1,6,11H,7H2,2-4H3. The van der Waals surface area contributed by atoms with Crippen molar-refractivity contribution in [2.45, 2.75) is 26.3 Å². The molecule has 0 radical (unpaired) electrons. The molecule has 0 bridgehead atoms. The van der Waals surface area contributed by atoms with Gasteiger partial charge < -0.3 is 0 Å². The highest BCUT2D eigenvalue weighted by molar-refractivity contribution is 6.25. The van der Waals surface area contributed by atoms with Crippen LogP contribution in [-0.2, 0) is 0 Å². The molecule has 62 valence electrons. The normalized spacial score (nSPS) is 12.8. The fraction of sp³-hybridized carbons (Fsp3) is 0.556. The average Bonchev–Trinajstić information content (AvgIpc) is 2.00. The van der Waals surface area contributed by atoms with Crippen LogP contribution in [0.2, 0.25) is 0 Å². The Morgan fingerprint density at radius 3 is 2.64 bits per heavy atom. The predicted molar refractivity (Wildman–Crippen MR) is 50.5 cm³/mol. The van der Waals surface area contributed by atoms with E-state index in [0.29, 0.717) is 0 Å². The van der Waals surface area contributed by atoms with Crippen molar-refractivity contribution in [1.82, 2.24) is 5.32 Å². The highest BCUT2D eigenvalue weighted by Gasteiger charge is 2.11. The predicted octanol–water partition coefficient (Wildman–Crippen LogP) is 2.13. The Bertz CT molecular complexity index is 186. The van der Waals surface area contributed by atoms with Gasteiger partial charge in [0.1, 0.15) is 0 Å². The van der Waals surface area contributed by atoms with Crippen molar-refractivity contribution in [3.8, 4) is 12.3 Å². The van der Waals surface area contributed by atoms with E-state index in [2.05, 4.69) is 11.2 Å². The molecule has 1 nitrogen and oxygen atoms in total. The molecule has 0 saturated carbocycles. The van der Waals surface area contributed by atoms with Gasteiger partial charge in [-0.2, -0.15) is 0 Å². The van der Waals surface area contributed by atoms with Crippen molar-refractivity contribution in [2.75, 3.05) is 6.54 Å². The number of hydrogen-bond donors (Lipinski definition) is 1. The second kappa shape index (κ2) is 4.43. The van der Waals surface area contributed by atoms with Gasteiger partial charge in [0.05, 0.1) is 5.54 Å². The molecule has 0 saturated heterocycles. The van der Waals surface area contributed by atoms with Crippen LogP contribution in [0.1, 0.15) is 20.8 Å². The van der Waals surface area contributed by atoms with Crippen molar-refractivity contribution in [3.05, 3.63) is 11.1 Å². The second-order valence-electron chi connectivity index (χ2n) is 3.08. The molecule has 0 rings (SSSR count). The third-order valence-corrected chi connectivity index (χ3v) is 1.73. The van der Waals surface area contributed by atoms with Crippen LogP contribution in [0.25, 0.3) is 0 Å². The molecule has 0 aliphatic rings. The second-order valence-corrected chi connectivity index (χ2v) is 3.30. The first kappa shape index (κ1) is 10.6. The highest BCUT2D eigenvalue weighted by Crippen LogP contribution is 2.01. The summed E-state index contributed by atoms with van der Waals surface area (Å²) < 4.78 is 0. The maximum atomic E-state index is 5.47. The van der Waals surface area contributed by atoms with Crippen molar-refractivity contribution < 1.29 is 0 Å². The number of hydrogen-bond acceptors (Lipinski definition) is 1. The van der Waals surface area contributed by atoms with Gasteiger partial charge in [0.2, 0.25) is 0 Å². The van der Waals surface area contributed by atoms with Crippen LogP contribution < -0.4 is 5.32 Å². The summed E-state index contributed by atoms with van der Waals surface area (Å²) in [5.41, 5.74) is 2.39. The van der Waals surface area contributed by atoms with E-state index in [9.17, 15) is 0 Å². The van der Waals surface area contributed by atoms with Crippen LogP contribution in [0.15, 0.2) is 11.1 Å². The third-order valence-electron chi connectivity index (χ3n) is 1.36. The minimum atomic E-state index is -0.249. The first-order chi connectivity index (χ1) is 5.02. The summed E-state index contributed by atoms with van der Waals surface area (Å²) in [4.78, 5) is 0. The van der Waals surface area contributed by atoms with Gasteiger partial charge in [0, 0.05) is 12.1 Å². The summed E-state index contributed by atoms with van der Waals surface area (Å²) >= 11 is 5.47. The average molecular weight is 172 g/mol. The minimum absolute atomic E-state index is 0.249. The van der Waals surface area contributed by atoms with Gasteiger partial charge in [0.15, 0.2) is 0 Å². The van der Waals surface area contributed by atoms with Crippen molar-refractivity contribution in [1.29, 1.82) is 0 Å². The molecule has 0 aromatic heterocycles. The lowest BCUT2D eigenvalue weighted by Gasteiger charge is -2.19. The summed E-state index contributed by atoms with van der Waals surface area (Å²) in [5, 5.41) is 3.17. The SMILES string of the molecule is C#CC(C)(C)NCC(C)=CCl. The molecule has 11 heavy (non-hydrogen) atoms. The molecule has 0 aliphatic carbocycles. The molecule has 0 unspecified atom stereocenters. The van der Waals surface area contributed by atoms with Gasteiger partial charge in [-0.05, 0) is 26.3 Å². The van der Waals surface area contributed by atoms with Gasteiger partial charge >= 0.3 is 0 Å². The zero-order chi connectivity index (χ0) is 8.91. The molecule has 2 heteroatoms. The van der Waals surface area contributed by atoms with E-state index >= 15 is 0 Å². The lowest BCUT2D eigenvalue weighted by atomic mass is 10.1. The molecule has 0 amide bonds. The van der Waals surface area contributed by atoms with Gasteiger partial charge in [0.25, 0.3) is 0 Å². The number of halogens is 1. The van der Waals surface area contributed by atoms with E-state index in [1.165, 1.54) is 0 Å². The molecule has 0 aromatic carbocycles. The fourth-order valence-electron chi connectivity index (χ4n) is 0.450. The zero-order valence-corrected chi connectivity index (χ0v) is 8.00. The van der Waals surface area contributed by atoms with E-state index < -0.39 is 0 Å². The largest absolute Gasteiger partial charge is 0.298 e. The van der Waals surface area contributed by atoms with E-state index in [-0.39, 0.29) is 5.54 Å². The van der Waals surface area contributed by atoms with Gasteiger partial charge in [-0.1, -0.05) is 17.5 Å². The van der Waals surface area contributed by atoms with Gasteiger partial charge in [-0.3, -0.25) is 5.32 Å². The molecule has 0 aliphatic heterocycles. The van der Waals surface area contributed by atoms with E-state index in [4.69, 9.17) is 18.0 Å². The summed E-state index contributed by atoms with van der Waals surface area (Å²) in [6.07, 6.45) is 5.27. The Hall–Kier alpha value is -0.450. The molecule has 0 aromatic rings. The van der Waals surface area contributed by atoms with E-state index in [1.807, 2.05) is 20.8 Å². The molecule has 1 N–H and O–H groups in total. The lowest BCUT2D eigenvalue weighted by molar-refractivity contribution is 0.516. The van der Waals surface area contributed by atoms with Gasteiger partial charge in [-0.15, -0.1) is 6.42 Å². The first-order valence-electron chi connectivity index (χ1n) is 3.50. The maximum Gasteiger partial charge on any atom is 0.0743 e. The molecular weight excluding hydrogens is 158 g/mol. The van der Waals surface area contributed by atoms with Crippen LogP contribution in [0.4, 0.5) is 0 Å². The Kier molecular flexibility index (Phi) is 4.25. The summed E-state index contributed by atoms with van der Waals surface area (Å²) in [6, 6.07) is 0. The van der Waals surface area contributed by atoms with E-state index in [0.717, 1.165) is 12.1 Å². The van der Waals surface area contributed by atoms with Crippen molar-refractivity contribution in [3.63, 3.8) is 0 Å². The van der Waals surface area contributed by atoms with Crippen molar-refractivity contribution >= 4 is 11.6 Å². The minimum Gasteiger partial charge on any atom is -0.298 e. The summed E-state index contributed by atoms with van der Waals surface area (Å²) in [6.45, 7) is 6.59. The first-order valence-corrected chi connectivity index (χ1v) is 3.94. The molecular formula is C9H14ClN. The Balaban J connectivity index is 3.82. The number of rotatable bonds is 3. The molecule has 0 atom stereocenters. The topological polar surface area (TPSA) is 12.0 Å². The summed E-state index contributed by atoms with van der Waals surface area (Å²) in [7, 11) is 0. The Labute approximate surface area is 73.8 Å². The van der Waals surface area contributed by atoms with Gasteiger partial charge in [-0.25, -0.2) is 0 Å². The van der Waals surface area contributed by atoms with Crippen LogP contribution in [0.5, 0.6) is 0 Å². The highest BCUT2D eigenvalue weighted by atomic mass is 35.5. The maximum absolute atomic E-state index is 5.47. The zero-order valence-electron chi connectivity index (χ0n) is 7.24. The quantitative estimate of drug-likeness (QED) is 0.642. The molecule has 0 heterocycles. The molecule has 0 spiro atoms. The van der Waals surface area contributed by atoms with E-state index in [1.54, 1.807) is 5.54 Å². The Morgan fingerprint density at radius 2 is 2.27 bits per heavy atom. The monoisotopic (exact) mass is 171 g/mol. The van der Waals surface area contributed by atoms with Crippen LogP contribution in [0, 0.1) is 12.3 Å². The van der Waals surface area contributed by atoms with Crippen LogP contribution in [-0.4, -0.2) is 12.1 Å². The lowest BCUT2D eigenvalue weighted by Crippen LogP contribution is -2.38. The molecule has 0 fully saturated rings. The van der Waals surface area contributed by atoms with Crippen LogP contribution >= 0.6 is 11.6 Å². The number of nitrogens with one attached hydrogen (secondary N) is 1. The summed E-state index contributed by atoms with van der Waals surface area (Å²) in [5.74, 6) is 2.64. The fourth-order valence-corrected chi connectivity index (χ4v) is 0.527. The van der Waals surface area contributed by atoms with Crippen molar-refractivity contribution in [2.24, 2.45) is 0 Å². The third kappa shape index (κ3) is 4.89.